The summed E-state index contributed by atoms with van der Waals surface area (Å²) in [6.45, 7) is 10.9. The number of fused-ring (bicyclic) bond motifs is 3. The van der Waals surface area contributed by atoms with Crippen molar-refractivity contribution in [1.82, 2.24) is 0 Å². The smallest absolute Gasteiger partial charge is 0.311 e. The number of carbonyl (C=O) groups excluding carboxylic acids is 2. The Bertz CT molecular complexity index is 773. The van der Waals surface area contributed by atoms with E-state index in [0.717, 1.165) is 64.2 Å². The first-order valence-corrected chi connectivity index (χ1v) is 14.0. The molecule has 0 aromatic rings. The molecule has 8 heteroatoms. The fraction of sp³-hybridized carbons (Fsp3) is 0.929. The quantitative estimate of drug-likeness (QED) is 0.491. The van der Waals surface area contributed by atoms with Gasteiger partial charge in [-0.15, -0.1) is 0 Å². The molecular weight excluding hydrogens is 464 g/mol. The summed E-state index contributed by atoms with van der Waals surface area (Å²) in [6.07, 6.45) is 5.69. The monoisotopic (exact) mass is 508 g/mol. The normalized spacial score (nSPS) is 37.4. The van der Waals surface area contributed by atoms with E-state index in [1.54, 1.807) is 0 Å². The largest absolute Gasteiger partial charge is 0.455 e. The zero-order valence-corrected chi connectivity index (χ0v) is 22.8. The van der Waals surface area contributed by atoms with Crippen LogP contribution in [0.15, 0.2) is 0 Å². The molecule has 204 valence electrons. The Morgan fingerprint density at radius 3 is 1.17 bits per heavy atom. The summed E-state index contributed by atoms with van der Waals surface area (Å²) in [5.74, 6) is -2.19. The average molecular weight is 509 g/mol. The summed E-state index contributed by atoms with van der Waals surface area (Å²) in [5.41, 5.74) is -1.46. The molecule has 8 nitrogen and oxygen atoms in total. The van der Waals surface area contributed by atoms with E-state index in [2.05, 4.69) is 0 Å². The number of ether oxygens (including phenoxy) is 6. The molecule has 2 saturated heterocycles. The van der Waals surface area contributed by atoms with Gasteiger partial charge in [-0.25, -0.2) is 0 Å². The standard InChI is InChI=1S/C28H44O8/c1-25(2,3)23(29)31-17-18(32-24(30)26(4,5)6)20-22(36-28(34-20)15-11-8-12-16-28)21-19(17)33-27(35-21)13-9-7-10-14-27/h17-22H,7-16H2,1-6H3/t17-,18-,19-,20+,21-,22-/m1/s1. The third-order valence-electron chi connectivity index (χ3n) is 8.29. The van der Waals surface area contributed by atoms with Gasteiger partial charge in [-0.05, 0) is 67.2 Å². The Labute approximate surface area is 215 Å². The van der Waals surface area contributed by atoms with Crippen LogP contribution in [0, 0.1) is 10.8 Å². The van der Waals surface area contributed by atoms with Gasteiger partial charge < -0.3 is 28.4 Å². The van der Waals surface area contributed by atoms with E-state index in [-0.39, 0.29) is 11.9 Å². The van der Waals surface area contributed by atoms with Gasteiger partial charge >= 0.3 is 11.9 Å². The Hall–Kier alpha value is -1.22. The van der Waals surface area contributed by atoms with Crippen LogP contribution in [0.1, 0.15) is 106 Å². The molecule has 0 aromatic heterocycles. The summed E-state index contributed by atoms with van der Waals surface area (Å²) in [5, 5.41) is 0. The van der Waals surface area contributed by atoms with Crippen LogP contribution in [-0.4, -0.2) is 60.1 Å². The fourth-order valence-corrected chi connectivity index (χ4v) is 6.23. The van der Waals surface area contributed by atoms with Crippen molar-refractivity contribution in [3.8, 4) is 0 Å². The van der Waals surface area contributed by atoms with Crippen molar-refractivity contribution >= 4 is 11.9 Å². The lowest BCUT2D eigenvalue weighted by molar-refractivity contribution is -0.232. The van der Waals surface area contributed by atoms with E-state index in [0.29, 0.717) is 0 Å². The minimum absolute atomic E-state index is 0.374. The van der Waals surface area contributed by atoms with Gasteiger partial charge in [-0.1, -0.05) is 12.8 Å². The average Bonchev–Trinajstić information content (AvgIpc) is 3.34. The topological polar surface area (TPSA) is 89.5 Å². The van der Waals surface area contributed by atoms with Crippen molar-refractivity contribution in [3.63, 3.8) is 0 Å². The maximum atomic E-state index is 13.2. The third-order valence-corrected chi connectivity index (χ3v) is 8.29. The molecule has 5 rings (SSSR count). The van der Waals surface area contributed by atoms with Crippen LogP contribution in [0.2, 0.25) is 0 Å². The first-order chi connectivity index (χ1) is 16.8. The molecule has 0 amide bonds. The number of hydrogen-bond acceptors (Lipinski definition) is 8. The number of rotatable bonds is 2. The highest BCUT2D eigenvalue weighted by molar-refractivity contribution is 5.76. The summed E-state index contributed by atoms with van der Waals surface area (Å²) in [7, 11) is 0. The van der Waals surface area contributed by atoms with Gasteiger partial charge in [-0.3, -0.25) is 9.59 Å². The Kier molecular flexibility index (Phi) is 6.75. The zero-order valence-electron chi connectivity index (χ0n) is 22.8. The van der Waals surface area contributed by atoms with Gasteiger partial charge in [0.15, 0.2) is 23.8 Å². The second-order valence-electron chi connectivity index (χ2n) is 13.5. The van der Waals surface area contributed by atoms with Gasteiger partial charge in [0, 0.05) is 25.7 Å². The molecule has 5 fully saturated rings. The minimum Gasteiger partial charge on any atom is -0.455 e. The molecule has 5 aliphatic rings. The van der Waals surface area contributed by atoms with Crippen LogP contribution in [0.5, 0.6) is 0 Å². The second kappa shape index (κ2) is 9.21. The fourth-order valence-electron chi connectivity index (χ4n) is 6.23. The molecule has 6 atom stereocenters. The maximum absolute atomic E-state index is 13.2. The van der Waals surface area contributed by atoms with Gasteiger partial charge in [0.05, 0.1) is 10.8 Å². The molecule has 2 aliphatic heterocycles. The summed E-state index contributed by atoms with van der Waals surface area (Å²) in [4.78, 5) is 26.3. The van der Waals surface area contributed by atoms with Crippen LogP contribution in [0.25, 0.3) is 0 Å². The molecule has 0 radical (unpaired) electrons. The summed E-state index contributed by atoms with van der Waals surface area (Å²) in [6, 6.07) is 0. The van der Waals surface area contributed by atoms with Crippen molar-refractivity contribution in [2.45, 2.75) is 154 Å². The highest BCUT2D eigenvalue weighted by Crippen LogP contribution is 2.52. The molecule has 2 spiro atoms. The van der Waals surface area contributed by atoms with Crippen LogP contribution >= 0.6 is 0 Å². The van der Waals surface area contributed by atoms with Crippen molar-refractivity contribution < 1.29 is 38.0 Å². The summed E-state index contributed by atoms with van der Waals surface area (Å²) >= 11 is 0. The van der Waals surface area contributed by atoms with Crippen molar-refractivity contribution in [3.05, 3.63) is 0 Å². The first-order valence-electron chi connectivity index (χ1n) is 14.0. The predicted molar refractivity (Wildman–Crippen MR) is 130 cm³/mol. The zero-order chi connectivity index (χ0) is 25.9. The van der Waals surface area contributed by atoms with Gasteiger partial charge in [0.25, 0.3) is 0 Å². The lowest BCUT2D eigenvalue weighted by Crippen LogP contribution is -2.64. The molecule has 0 bridgehead atoms. The molecule has 3 saturated carbocycles. The molecule has 36 heavy (non-hydrogen) atoms. The molecule has 0 unspecified atom stereocenters. The van der Waals surface area contributed by atoms with E-state index in [1.165, 1.54) is 0 Å². The lowest BCUT2D eigenvalue weighted by Gasteiger charge is -2.43. The molecule has 0 N–H and O–H groups in total. The van der Waals surface area contributed by atoms with E-state index in [9.17, 15) is 9.59 Å². The molecular formula is C28H44O8. The van der Waals surface area contributed by atoms with E-state index in [1.807, 2.05) is 41.5 Å². The second-order valence-corrected chi connectivity index (χ2v) is 13.5. The summed E-state index contributed by atoms with van der Waals surface area (Å²) < 4.78 is 39.1. The Balaban J connectivity index is 1.53. The van der Waals surface area contributed by atoms with Crippen LogP contribution in [0.3, 0.4) is 0 Å². The Morgan fingerprint density at radius 2 is 0.861 bits per heavy atom. The highest BCUT2D eigenvalue weighted by atomic mass is 16.8. The maximum Gasteiger partial charge on any atom is 0.311 e. The number of esters is 2. The van der Waals surface area contributed by atoms with Crippen LogP contribution in [-0.2, 0) is 38.0 Å². The van der Waals surface area contributed by atoms with E-state index < -0.39 is 59.0 Å². The van der Waals surface area contributed by atoms with Gasteiger partial charge in [-0.2, -0.15) is 0 Å². The highest BCUT2D eigenvalue weighted by Gasteiger charge is 2.68. The molecule has 0 aromatic carbocycles. The van der Waals surface area contributed by atoms with Crippen molar-refractivity contribution in [2.24, 2.45) is 10.8 Å². The SMILES string of the molecule is CC(C)(C)C(=O)O[C@@H]1[C@@H](OC(=O)C(C)(C)C)[C@@H]2OC3(CCCCC3)O[C@H]2[C@@H]2OC3(CCCCC3)O[C@H]12. The minimum atomic E-state index is -0.849. The molecule has 2 heterocycles. The Morgan fingerprint density at radius 1 is 0.556 bits per heavy atom. The molecule has 3 aliphatic carbocycles. The van der Waals surface area contributed by atoms with Crippen LogP contribution in [0.4, 0.5) is 0 Å². The van der Waals surface area contributed by atoms with Crippen LogP contribution < -0.4 is 0 Å². The van der Waals surface area contributed by atoms with Gasteiger partial charge in [0.2, 0.25) is 0 Å². The predicted octanol–water partition coefficient (Wildman–Crippen LogP) is 4.80. The van der Waals surface area contributed by atoms with E-state index >= 15 is 0 Å². The third kappa shape index (κ3) is 4.83. The lowest BCUT2D eigenvalue weighted by atomic mass is 9.84. The van der Waals surface area contributed by atoms with Gasteiger partial charge in [0.1, 0.15) is 24.4 Å². The first kappa shape index (κ1) is 26.4. The number of hydrogen-bond donors (Lipinski definition) is 0. The van der Waals surface area contributed by atoms with Crippen molar-refractivity contribution in [2.75, 3.05) is 0 Å². The number of carbonyl (C=O) groups is 2. The van der Waals surface area contributed by atoms with Crippen molar-refractivity contribution in [1.29, 1.82) is 0 Å². The van der Waals surface area contributed by atoms with E-state index in [4.69, 9.17) is 28.4 Å².